The normalized spacial score (nSPS) is 11.0. The standard InChI is InChI=1S/C16H28N4O3.HI/c1-17-16(18-8-9-20(2)10-11-21-3)19-13-6-7-14(22-4)15(12-13)23-5;/h6-7,12H,8-11H2,1-5H3,(H2,17,18,19);1H. The summed E-state index contributed by atoms with van der Waals surface area (Å²) in [5.74, 6) is 2.07. The van der Waals surface area contributed by atoms with Crippen molar-refractivity contribution in [3.8, 4) is 11.5 Å². The maximum absolute atomic E-state index is 5.30. The number of rotatable bonds is 9. The first-order valence-corrected chi connectivity index (χ1v) is 7.51. The molecule has 7 nitrogen and oxygen atoms in total. The number of anilines is 1. The number of nitrogens with one attached hydrogen (secondary N) is 2. The summed E-state index contributed by atoms with van der Waals surface area (Å²) in [7, 11) is 8.74. The topological polar surface area (TPSA) is 67.4 Å². The number of aliphatic imine (C=N–C) groups is 1. The van der Waals surface area contributed by atoms with E-state index in [1.165, 1.54) is 0 Å². The van der Waals surface area contributed by atoms with Gasteiger partial charge in [-0.2, -0.15) is 0 Å². The third kappa shape index (κ3) is 8.02. The number of hydrogen-bond donors (Lipinski definition) is 2. The second-order valence-corrected chi connectivity index (χ2v) is 4.99. The van der Waals surface area contributed by atoms with Crippen molar-refractivity contribution in [3.05, 3.63) is 18.2 Å². The molecule has 0 bridgehead atoms. The van der Waals surface area contributed by atoms with Gasteiger partial charge in [0.05, 0.1) is 20.8 Å². The summed E-state index contributed by atoms with van der Waals surface area (Å²) < 4.78 is 15.6. The molecule has 0 aromatic heterocycles. The Labute approximate surface area is 161 Å². The molecule has 0 radical (unpaired) electrons. The fourth-order valence-corrected chi connectivity index (χ4v) is 1.95. The number of hydrogen-bond acceptors (Lipinski definition) is 5. The van der Waals surface area contributed by atoms with Gasteiger partial charge >= 0.3 is 0 Å². The summed E-state index contributed by atoms with van der Waals surface area (Å²) in [6, 6.07) is 5.64. The van der Waals surface area contributed by atoms with Crippen LogP contribution in [0.1, 0.15) is 0 Å². The summed E-state index contributed by atoms with van der Waals surface area (Å²) in [5.41, 5.74) is 0.878. The maximum Gasteiger partial charge on any atom is 0.195 e. The molecule has 2 N–H and O–H groups in total. The van der Waals surface area contributed by atoms with E-state index in [0.29, 0.717) is 17.5 Å². The van der Waals surface area contributed by atoms with Gasteiger partial charge in [0, 0.05) is 45.5 Å². The highest BCUT2D eigenvalue weighted by Gasteiger charge is 2.06. The monoisotopic (exact) mass is 452 g/mol. The van der Waals surface area contributed by atoms with Crippen LogP contribution in [0.4, 0.5) is 5.69 Å². The van der Waals surface area contributed by atoms with Gasteiger partial charge in [-0.15, -0.1) is 24.0 Å². The highest BCUT2D eigenvalue weighted by Crippen LogP contribution is 2.29. The molecule has 0 amide bonds. The predicted molar refractivity (Wildman–Crippen MR) is 109 cm³/mol. The minimum absolute atomic E-state index is 0. The minimum atomic E-state index is 0. The van der Waals surface area contributed by atoms with E-state index in [9.17, 15) is 0 Å². The molecule has 0 aliphatic heterocycles. The lowest BCUT2D eigenvalue weighted by Crippen LogP contribution is -2.37. The number of likely N-dealkylation sites (N-methyl/N-ethyl adjacent to an activating group) is 1. The number of halogens is 1. The molecular formula is C16H29IN4O3. The number of guanidine groups is 1. The smallest absolute Gasteiger partial charge is 0.195 e. The summed E-state index contributed by atoms with van der Waals surface area (Å²) in [6.45, 7) is 3.32. The zero-order valence-corrected chi connectivity index (χ0v) is 17.4. The van der Waals surface area contributed by atoms with Gasteiger partial charge in [0.25, 0.3) is 0 Å². The first kappa shape index (κ1) is 22.7. The Balaban J connectivity index is 0.00000529. The molecule has 8 heteroatoms. The van der Waals surface area contributed by atoms with E-state index in [0.717, 1.165) is 31.9 Å². The first-order chi connectivity index (χ1) is 11.1. The third-order valence-electron chi connectivity index (χ3n) is 3.33. The molecule has 0 aliphatic carbocycles. The SMILES string of the molecule is CN=C(NCCN(C)CCOC)Nc1ccc(OC)c(OC)c1.I. The molecule has 0 spiro atoms. The van der Waals surface area contributed by atoms with Crippen LogP contribution in [0.15, 0.2) is 23.2 Å². The van der Waals surface area contributed by atoms with Gasteiger partial charge in [0.2, 0.25) is 0 Å². The van der Waals surface area contributed by atoms with Crippen molar-refractivity contribution < 1.29 is 14.2 Å². The molecule has 1 aromatic rings. The summed E-state index contributed by atoms with van der Waals surface area (Å²) >= 11 is 0. The van der Waals surface area contributed by atoms with Crippen LogP contribution in [0.3, 0.4) is 0 Å². The number of nitrogens with zero attached hydrogens (tertiary/aromatic N) is 2. The van der Waals surface area contributed by atoms with Crippen molar-refractivity contribution >= 4 is 35.6 Å². The molecule has 1 aromatic carbocycles. The van der Waals surface area contributed by atoms with E-state index in [4.69, 9.17) is 14.2 Å². The zero-order chi connectivity index (χ0) is 17.1. The molecular weight excluding hydrogens is 423 g/mol. The highest BCUT2D eigenvalue weighted by molar-refractivity contribution is 14.0. The van der Waals surface area contributed by atoms with Crippen molar-refractivity contribution in [2.45, 2.75) is 0 Å². The second kappa shape index (κ2) is 13.1. The Morgan fingerprint density at radius 3 is 2.42 bits per heavy atom. The van der Waals surface area contributed by atoms with E-state index >= 15 is 0 Å². The van der Waals surface area contributed by atoms with Crippen molar-refractivity contribution in [2.75, 3.05) is 67.0 Å². The van der Waals surface area contributed by atoms with E-state index in [1.54, 1.807) is 28.4 Å². The Morgan fingerprint density at radius 2 is 1.83 bits per heavy atom. The first-order valence-electron chi connectivity index (χ1n) is 7.51. The molecule has 0 saturated carbocycles. The van der Waals surface area contributed by atoms with Gasteiger partial charge in [-0.25, -0.2) is 0 Å². The Bertz CT molecular complexity index is 500. The molecule has 0 atom stereocenters. The van der Waals surface area contributed by atoms with Crippen LogP contribution in [-0.4, -0.2) is 72.5 Å². The van der Waals surface area contributed by atoms with Gasteiger partial charge in [-0.3, -0.25) is 4.99 Å². The molecule has 138 valence electrons. The summed E-state index contributed by atoms with van der Waals surface area (Å²) in [6.07, 6.45) is 0. The van der Waals surface area contributed by atoms with Gasteiger partial charge in [0.15, 0.2) is 17.5 Å². The van der Waals surface area contributed by atoms with Crippen molar-refractivity contribution in [1.82, 2.24) is 10.2 Å². The molecule has 0 aliphatic rings. The van der Waals surface area contributed by atoms with Crippen LogP contribution in [0.5, 0.6) is 11.5 Å². The number of ether oxygens (including phenoxy) is 3. The van der Waals surface area contributed by atoms with Gasteiger partial charge < -0.3 is 29.7 Å². The van der Waals surface area contributed by atoms with Gasteiger partial charge in [-0.05, 0) is 19.2 Å². The number of methoxy groups -OCH3 is 3. The quantitative estimate of drug-likeness (QED) is 0.339. The number of benzene rings is 1. The summed E-state index contributed by atoms with van der Waals surface area (Å²) in [4.78, 5) is 6.41. The van der Waals surface area contributed by atoms with Gasteiger partial charge in [-0.1, -0.05) is 0 Å². The molecule has 0 unspecified atom stereocenters. The third-order valence-corrected chi connectivity index (χ3v) is 3.33. The molecule has 0 heterocycles. The predicted octanol–water partition coefficient (Wildman–Crippen LogP) is 1.89. The fourth-order valence-electron chi connectivity index (χ4n) is 1.95. The van der Waals surface area contributed by atoms with Crippen LogP contribution in [0, 0.1) is 0 Å². The van der Waals surface area contributed by atoms with E-state index in [2.05, 4.69) is 27.6 Å². The molecule has 0 saturated heterocycles. The van der Waals surface area contributed by atoms with Crippen LogP contribution >= 0.6 is 24.0 Å². The molecule has 1 rings (SSSR count). The lowest BCUT2D eigenvalue weighted by Gasteiger charge is -2.18. The zero-order valence-electron chi connectivity index (χ0n) is 15.1. The van der Waals surface area contributed by atoms with E-state index in [-0.39, 0.29) is 24.0 Å². The van der Waals surface area contributed by atoms with Crippen LogP contribution in [-0.2, 0) is 4.74 Å². The lowest BCUT2D eigenvalue weighted by atomic mass is 10.3. The lowest BCUT2D eigenvalue weighted by molar-refractivity contribution is 0.162. The average molecular weight is 452 g/mol. The Kier molecular flexibility index (Phi) is 12.4. The van der Waals surface area contributed by atoms with Gasteiger partial charge in [0.1, 0.15) is 0 Å². The second-order valence-electron chi connectivity index (χ2n) is 4.99. The molecule has 0 fully saturated rings. The maximum atomic E-state index is 5.30. The minimum Gasteiger partial charge on any atom is -0.493 e. The Morgan fingerprint density at radius 1 is 1.12 bits per heavy atom. The van der Waals surface area contributed by atoms with E-state index in [1.807, 2.05) is 18.2 Å². The highest BCUT2D eigenvalue weighted by atomic mass is 127. The summed E-state index contributed by atoms with van der Waals surface area (Å²) in [5, 5.41) is 6.51. The van der Waals surface area contributed by atoms with E-state index < -0.39 is 0 Å². The largest absolute Gasteiger partial charge is 0.493 e. The van der Waals surface area contributed by atoms with Crippen LogP contribution in [0.2, 0.25) is 0 Å². The molecule has 24 heavy (non-hydrogen) atoms. The van der Waals surface area contributed by atoms with Crippen LogP contribution < -0.4 is 20.1 Å². The van der Waals surface area contributed by atoms with Crippen molar-refractivity contribution in [3.63, 3.8) is 0 Å². The Hall–Kier alpha value is -1.26. The van der Waals surface area contributed by atoms with Crippen molar-refractivity contribution in [1.29, 1.82) is 0 Å². The fraction of sp³-hybridized carbons (Fsp3) is 0.562. The van der Waals surface area contributed by atoms with Crippen LogP contribution in [0.25, 0.3) is 0 Å². The average Bonchev–Trinajstić information content (AvgIpc) is 2.58. The van der Waals surface area contributed by atoms with Crippen molar-refractivity contribution in [2.24, 2.45) is 4.99 Å².